The van der Waals surface area contributed by atoms with Crippen LogP contribution in [0, 0.1) is 5.92 Å². The first-order valence-electron chi connectivity index (χ1n) is 7.01. The minimum Gasteiger partial charge on any atom is -0.314 e. The molecule has 96 valence electrons. The lowest BCUT2D eigenvalue weighted by atomic mass is 10.0. The SMILES string of the molecule is CCNC(CCCCc1ccnn1C)C1CC1. The Balaban J connectivity index is 1.63. The molecule has 0 amide bonds. The van der Waals surface area contributed by atoms with E-state index in [4.69, 9.17) is 0 Å². The van der Waals surface area contributed by atoms with Gasteiger partial charge in [0.1, 0.15) is 0 Å². The van der Waals surface area contributed by atoms with Crippen molar-refractivity contribution in [3.63, 3.8) is 0 Å². The van der Waals surface area contributed by atoms with E-state index in [-0.39, 0.29) is 0 Å². The highest BCUT2D eigenvalue weighted by atomic mass is 15.2. The Morgan fingerprint density at radius 3 is 2.88 bits per heavy atom. The van der Waals surface area contributed by atoms with Gasteiger partial charge in [-0.2, -0.15) is 5.10 Å². The van der Waals surface area contributed by atoms with E-state index in [1.54, 1.807) is 0 Å². The fraction of sp³-hybridized carbons (Fsp3) is 0.786. The maximum absolute atomic E-state index is 4.20. The quantitative estimate of drug-likeness (QED) is 0.702. The molecule has 0 radical (unpaired) electrons. The third-order valence-electron chi connectivity index (χ3n) is 3.78. The van der Waals surface area contributed by atoms with Crippen molar-refractivity contribution < 1.29 is 0 Å². The van der Waals surface area contributed by atoms with E-state index in [1.165, 1.54) is 44.2 Å². The second kappa shape index (κ2) is 6.20. The fourth-order valence-electron chi connectivity index (χ4n) is 2.58. The van der Waals surface area contributed by atoms with Crippen LogP contribution in [0.25, 0.3) is 0 Å². The zero-order valence-electron chi connectivity index (χ0n) is 11.2. The summed E-state index contributed by atoms with van der Waals surface area (Å²) in [7, 11) is 2.03. The van der Waals surface area contributed by atoms with Crippen molar-refractivity contribution >= 4 is 0 Å². The highest BCUT2D eigenvalue weighted by Gasteiger charge is 2.29. The van der Waals surface area contributed by atoms with E-state index in [2.05, 4.69) is 23.4 Å². The Hall–Kier alpha value is -0.830. The van der Waals surface area contributed by atoms with Gasteiger partial charge in [0.2, 0.25) is 0 Å². The van der Waals surface area contributed by atoms with Crippen molar-refractivity contribution in [2.45, 2.75) is 51.5 Å². The van der Waals surface area contributed by atoms with E-state index in [1.807, 2.05) is 17.9 Å². The summed E-state index contributed by atoms with van der Waals surface area (Å²) in [4.78, 5) is 0. The predicted octanol–water partition coefficient (Wildman–Crippen LogP) is 2.52. The summed E-state index contributed by atoms with van der Waals surface area (Å²) in [6.45, 7) is 3.33. The number of nitrogens with zero attached hydrogens (tertiary/aromatic N) is 2. The first kappa shape index (κ1) is 12.6. The van der Waals surface area contributed by atoms with Gasteiger partial charge < -0.3 is 5.32 Å². The molecule has 1 unspecified atom stereocenters. The normalized spacial score (nSPS) is 17.3. The average molecular weight is 235 g/mol. The van der Waals surface area contributed by atoms with E-state index in [9.17, 15) is 0 Å². The number of hydrogen-bond donors (Lipinski definition) is 1. The number of aromatic nitrogens is 2. The molecule has 3 heteroatoms. The monoisotopic (exact) mass is 235 g/mol. The lowest BCUT2D eigenvalue weighted by Crippen LogP contribution is -2.30. The van der Waals surface area contributed by atoms with E-state index in [0.29, 0.717) is 0 Å². The van der Waals surface area contributed by atoms with Crippen molar-refractivity contribution in [1.82, 2.24) is 15.1 Å². The molecule has 0 aromatic carbocycles. The largest absolute Gasteiger partial charge is 0.314 e. The molecular weight excluding hydrogens is 210 g/mol. The van der Waals surface area contributed by atoms with Gasteiger partial charge in [0.15, 0.2) is 0 Å². The molecule has 0 aliphatic heterocycles. The van der Waals surface area contributed by atoms with E-state index in [0.717, 1.165) is 18.5 Å². The maximum Gasteiger partial charge on any atom is 0.0492 e. The molecule has 1 N–H and O–H groups in total. The Bertz CT molecular complexity index is 328. The highest BCUT2D eigenvalue weighted by molar-refractivity contribution is 4.99. The molecule has 0 spiro atoms. The van der Waals surface area contributed by atoms with Crippen LogP contribution in [-0.2, 0) is 13.5 Å². The van der Waals surface area contributed by atoms with Crippen LogP contribution in [0.2, 0.25) is 0 Å². The summed E-state index contributed by atoms with van der Waals surface area (Å²) in [5.74, 6) is 0.978. The van der Waals surface area contributed by atoms with Gasteiger partial charge >= 0.3 is 0 Å². The fourth-order valence-corrected chi connectivity index (χ4v) is 2.58. The molecule has 3 nitrogen and oxygen atoms in total. The molecular formula is C14H25N3. The molecule has 1 saturated carbocycles. The van der Waals surface area contributed by atoms with Crippen LogP contribution in [0.5, 0.6) is 0 Å². The van der Waals surface area contributed by atoms with Gasteiger partial charge in [-0.3, -0.25) is 4.68 Å². The number of rotatable bonds is 8. The summed E-state index contributed by atoms with van der Waals surface area (Å²) >= 11 is 0. The summed E-state index contributed by atoms with van der Waals surface area (Å²) in [5, 5.41) is 7.83. The third-order valence-corrected chi connectivity index (χ3v) is 3.78. The minimum atomic E-state index is 0.784. The molecule has 17 heavy (non-hydrogen) atoms. The van der Waals surface area contributed by atoms with E-state index >= 15 is 0 Å². The number of aryl methyl sites for hydroxylation is 2. The minimum absolute atomic E-state index is 0.784. The van der Waals surface area contributed by atoms with Gasteiger partial charge in [-0.1, -0.05) is 13.3 Å². The zero-order chi connectivity index (χ0) is 12.1. The lowest BCUT2D eigenvalue weighted by Gasteiger charge is -2.16. The van der Waals surface area contributed by atoms with Gasteiger partial charge in [-0.25, -0.2) is 0 Å². The molecule has 1 aliphatic carbocycles. The van der Waals surface area contributed by atoms with Gasteiger partial charge in [0, 0.05) is 25.0 Å². The Morgan fingerprint density at radius 2 is 2.29 bits per heavy atom. The van der Waals surface area contributed by atoms with Gasteiger partial charge in [0.25, 0.3) is 0 Å². The van der Waals surface area contributed by atoms with Crippen molar-refractivity contribution in [3.05, 3.63) is 18.0 Å². The van der Waals surface area contributed by atoms with E-state index < -0.39 is 0 Å². The van der Waals surface area contributed by atoms with Crippen LogP contribution in [0.3, 0.4) is 0 Å². The molecule has 1 aromatic rings. The highest BCUT2D eigenvalue weighted by Crippen LogP contribution is 2.34. The van der Waals surface area contributed by atoms with Crippen molar-refractivity contribution in [2.75, 3.05) is 6.54 Å². The molecule has 0 saturated heterocycles. The van der Waals surface area contributed by atoms with Crippen LogP contribution < -0.4 is 5.32 Å². The van der Waals surface area contributed by atoms with Crippen LogP contribution in [0.4, 0.5) is 0 Å². The van der Waals surface area contributed by atoms with Crippen LogP contribution in [-0.4, -0.2) is 22.4 Å². The van der Waals surface area contributed by atoms with Crippen molar-refractivity contribution in [2.24, 2.45) is 13.0 Å². The smallest absolute Gasteiger partial charge is 0.0492 e. The Labute approximate surface area is 105 Å². The zero-order valence-corrected chi connectivity index (χ0v) is 11.2. The molecule has 1 aliphatic rings. The first-order chi connectivity index (χ1) is 8.31. The van der Waals surface area contributed by atoms with Crippen LogP contribution in [0.1, 0.15) is 44.7 Å². The lowest BCUT2D eigenvalue weighted by molar-refractivity contribution is 0.427. The molecule has 2 rings (SSSR count). The molecule has 1 fully saturated rings. The average Bonchev–Trinajstić information content (AvgIpc) is 3.08. The summed E-state index contributed by atoms with van der Waals surface area (Å²) in [6, 6.07) is 2.91. The van der Waals surface area contributed by atoms with Crippen molar-refractivity contribution in [3.8, 4) is 0 Å². The Morgan fingerprint density at radius 1 is 1.47 bits per heavy atom. The number of hydrogen-bond acceptors (Lipinski definition) is 2. The summed E-state index contributed by atoms with van der Waals surface area (Å²) < 4.78 is 1.99. The second-order valence-electron chi connectivity index (χ2n) is 5.19. The number of nitrogens with one attached hydrogen (secondary N) is 1. The molecule has 1 atom stereocenters. The third kappa shape index (κ3) is 3.84. The molecule has 0 bridgehead atoms. The first-order valence-corrected chi connectivity index (χ1v) is 7.01. The van der Waals surface area contributed by atoms with Gasteiger partial charge in [-0.05, 0) is 50.6 Å². The topological polar surface area (TPSA) is 29.9 Å². The van der Waals surface area contributed by atoms with Gasteiger partial charge in [-0.15, -0.1) is 0 Å². The second-order valence-corrected chi connectivity index (χ2v) is 5.19. The predicted molar refractivity (Wildman–Crippen MR) is 71.0 cm³/mol. The Kier molecular flexibility index (Phi) is 4.60. The van der Waals surface area contributed by atoms with Crippen LogP contribution in [0.15, 0.2) is 12.3 Å². The standard InChI is InChI=1S/C14H25N3/c1-3-15-14(12-8-9-12)7-5-4-6-13-10-11-16-17(13)2/h10-12,14-15H,3-9H2,1-2H3. The summed E-state index contributed by atoms with van der Waals surface area (Å²) in [6.07, 6.45) is 9.91. The maximum atomic E-state index is 4.20. The summed E-state index contributed by atoms with van der Waals surface area (Å²) in [5.41, 5.74) is 1.36. The van der Waals surface area contributed by atoms with Crippen molar-refractivity contribution in [1.29, 1.82) is 0 Å². The molecule has 1 aromatic heterocycles. The van der Waals surface area contributed by atoms with Crippen LogP contribution >= 0.6 is 0 Å². The molecule has 1 heterocycles. The van der Waals surface area contributed by atoms with Gasteiger partial charge in [0.05, 0.1) is 0 Å². The number of unbranched alkanes of at least 4 members (excludes halogenated alkanes) is 1.